The van der Waals surface area contributed by atoms with Crippen LogP contribution in [-0.2, 0) is 9.53 Å². The average molecular weight is 410 g/mol. The molecular weight excluding hydrogens is 386 g/mol. The van der Waals surface area contributed by atoms with E-state index in [1.54, 1.807) is 10.6 Å². The summed E-state index contributed by atoms with van der Waals surface area (Å²) >= 11 is 1.27. The van der Waals surface area contributed by atoms with Crippen LogP contribution in [0.25, 0.3) is 16.6 Å². The van der Waals surface area contributed by atoms with Gasteiger partial charge in [-0.1, -0.05) is 42.1 Å². The lowest BCUT2D eigenvalue weighted by atomic mass is 10.2. The Balaban J connectivity index is 1.62. The Kier molecular flexibility index (Phi) is 5.97. The van der Waals surface area contributed by atoms with Crippen molar-refractivity contribution < 1.29 is 9.53 Å². The molecule has 1 aliphatic heterocycles. The minimum Gasteiger partial charge on any atom is -0.376 e. The molecule has 0 aliphatic carbocycles. The molecule has 0 bridgehead atoms. The van der Waals surface area contributed by atoms with Crippen molar-refractivity contribution in [3.63, 3.8) is 0 Å². The summed E-state index contributed by atoms with van der Waals surface area (Å²) in [6, 6.07) is 15.0. The van der Waals surface area contributed by atoms with Crippen molar-refractivity contribution in [2.45, 2.75) is 31.0 Å². The molecule has 1 N–H and O–H groups in total. The van der Waals surface area contributed by atoms with Gasteiger partial charge in [-0.3, -0.25) is 14.2 Å². The molecule has 0 unspecified atom stereocenters. The van der Waals surface area contributed by atoms with Gasteiger partial charge in [-0.15, -0.1) is 0 Å². The van der Waals surface area contributed by atoms with Crippen LogP contribution in [0.1, 0.15) is 18.4 Å². The van der Waals surface area contributed by atoms with E-state index in [0.717, 1.165) is 30.7 Å². The molecule has 150 valence electrons. The topological polar surface area (TPSA) is 73.2 Å². The van der Waals surface area contributed by atoms with Crippen LogP contribution in [0, 0.1) is 6.92 Å². The first-order chi connectivity index (χ1) is 14.1. The molecule has 1 atom stereocenters. The third-order valence-electron chi connectivity index (χ3n) is 4.98. The van der Waals surface area contributed by atoms with Crippen LogP contribution < -0.4 is 10.9 Å². The van der Waals surface area contributed by atoms with Crippen molar-refractivity contribution in [1.29, 1.82) is 0 Å². The number of ether oxygens (including phenoxy) is 1. The van der Waals surface area contributed by atoms with Gasteiger partial charge in [-0.05, 0) is 43.5 Å². The van der Waals surface area contributed by atoms with E-state index in [4.69, 9.17) is 4.74 Å². The van der Waals surface area contributed by atoms with Gasteiger partial charge >= 0.3 is 0 Å². The highest BCUT2D eigenvalue weighted by Crippen LogP contribution is 2.23. The maximum atomic E-state index is 13.2. The number of aromatic nitrogens is 2. The SMILES string of the molecule is Cc1ccccc1-n1c(SCC(=O)NC[C@@H]2CCCO2)nc2ccccc2c1=O. The van der Waals surface area contributed by atoms with Crippen LogP contribution >= 0.6 is 11.8 Å². The smallest absolute Gasteiger partial charge is 0.266 e. The third kappa shape index (κ3) is 4.36. The number of nitrogens with one attached hydrogen (secondary N) is 1. The van der Waals surface area contributed by atoms with Gasteiger partial charge in [0.1, 0.15) is 0 Å². The van der Waals surface area contributed by atoms with Crippen molar-refractivity contribution in [2.24, 2.45) is 0 Å². The van der Waals surface area contributed by atoms with Gasteiger partial charge in [0.15, 0.2) is 5.16 Å². The summed E-state index contributed by atoms with van der Waals surface area (Å²) < 4.78 is 7.15. The largest absolute Gasteiger partial charge is 0.376 e. The van der Waals surface area contributed by atoms with Gasteiger partial charge in [0.05, 0.1) is 28.4 Å². The van der Waals surface area contributed by atoms with E-state index in [1.165, 1.54) is 11.8 Å². The van der Waals surface area contributed by atoms with E-state index in [-0.39, 0.29) is 23.3 Å². The molecular formula is C22H23N3O3S. The van der Waals surface area contributed by atoms with Crippen LogP contribution in [-0.4, -0.2) is 40.5 Å². The summed E-state index contributed by atoms with van der Waals surface area (Å²) in [6.45, 7) is 3.24. The van der Waals surface area contributed by atoms with Gasteiger partial charge in [0.25, 0.3) is 5.56 Å². The minimum atomic E-state index is -0.132. The van der Waals surface area contributed by atoms with Crippen molar-refractivity contribution >= 4 is 28.6 Å². The van der Waals surface area contributed by atoms with Crippen molar-refractivity contribution in [2.75, 3.05) is 18.9 Å². The number of benzene rings is 2. The number of aryl methyl sites for hydroxylation is 1. The Morgan fingerprint density at radius 1 is 1.24 bits per heavy atom. The normalized spacial score (nSPS) is 16.2. The Bertz CT molecular complexity index is 1090. The van der Waals surface area contributed by atoms with E-state index in [1.807, 2.05) is 49.4 Å². The maximum Gasteiger partial charge on any atom is 0.266 e. The first-order valence-corrected chi connectivity index (χ1v) is 10.7. The van der Waals surface area contributed by atoms with Gasteiger partial charge in [0.2, 0.25) is 5.91 Å². The molecule has 7 heteroatoms. The molecule has 1 aromatic heterocycles. The van der Waals surface area contributed by atoms with Crippen molar-refractivity contribution in [1.82, 2.24) is 14.9 Å². The number of nitrogens with zero attached hydrogens (tertiary/aromatic N) is 2. The summed E-state index contributed by atoms with van der Waals surface area (Å²) in [6.07, 6.45) is 2.12. The lowest BCUT2D eigenvalue weighted by Gasteiger charge is -2.15. The van der Waals surface area contributed by atoms with Crippen molar-refractivity contribution in [3.8, 4) is 5.69 Å². The third-order valence-corrected chi connectivity index (χ3v) is 5.92. The molecule has 29 heavy (non-hydrogen) atoms. The predicted molar refractivity (Wildman–Crippen MR) is 115 cm³/mol. The standard InChI is InChI=1S/C22H23N3O3S/c1-15-7-2-5-11-19(15)25-21(27)17-9-3-4-10-18(17)24-22(25)29-14-20(26)23-13-16-8-6-12-28-16/h2-5,7,9-11,16H,6,8,12-14H2,1H3,(H,23,26)/t16-/m0/s1. The molecule has 3 aromatic rings. The van der Waals surface area contributed by atoms with Crippen LogP contribution in [0.2, 0.25) is 0 Å². The summed E-state index contributed by atoms with van der Waals surface area (Å²) in [5.74, 6) is 0.0906. The van der Waals surface area contributed by atoms with Crippen LogP contribution in [0.4, 0.5) is 0 Å². The number of carbonyl (C=O) groups is 1. The molecule has 0 radical (unpaired) electrons. The Labute approximate surface area is 173 Å². The van der Waals surface area contributed by atoms with Crippen LogP contribution in [0.3, 0.4) is 0 Å². The number of rotatable bonds is 6. The summed E-state index contributed by atoms with van der Waals surface area (Å²) in [7, 11) is 0. The molecule has 1 aliphatic rings. The van der Waals surface area contributed by atoms with Crippen molar-refractivity contribution in [3.05, 3.63) is 64.4 Å². The second kappa shape index (κ2) is 8.80. The van der Waals surface area contributed by atoms with E-state index < -0.39 is 0 Å². The van der Waals surface area contributed by atoms with Gasteiger partial charge in [-0.2, -0.15) is 0 Å². The molecule has 0 spiro atoms. The fourth-order valence-corrected chi connectivity index (χ4v) is 4.29. The number of carbonyl (C=O) groups excluding carboxylic acids is 1. The first-order valence-electron chi connectivity index (χ1n) is 9.72. The molecule has 2 heterocycles. The van der Waals surface area contributed by atoms with E-state index in [9.17, 15) is 9.59 Å². The summed E-state index contributed by atoms with van der Waals surface area (Å²) in [5.41, 5.74) is 2.24. The van der Waals surface area contributed by atoms with Crippen LogP contribution in [0.5, 0.6) is 0 Å². The number of thioether (sulfide) groups is 1. The predicted octanol–water partition coefficient (Wildman–Crippen LogP) is 3.08. The van der Waals surface area contributed by atoms with E-state index in [0.29, 0.717) is 22.6 Å². The van der Waals surface area contributed by atoms with Gasteiger partial charge in [0, 0.05) is 13.2 Å². The number of para-hydroxylation sites is 2. The highest BCUT2D eigenvalue weighted by Gasteiger charge is 2.18. The highest BCUT2D eigenvalue weighted by atomic mass is 32.2. The number of amides is 1. The zero-order valence-electron chi connectivity index (χ0n) is 16.3. The fourth-order valence-electron chi connectivity index (χ4n) is 3.45. The maximum absolute atomic E-state index is 13.2. The lowest BCUT2D eigenvalue weighted by molar-refractivity contribution is -0.119. The zero-order chi connectivity index (χ0) is 20.2. The Morgan fingerprint density at radius 2 is 2.03 bits per heavy atom. The highest BCUT2D eigenvalue weighted by molar-refractivity contribution is 7.99. The Hall–Kier alpha value is -2.64. The van der Waals surface area contributed by atoms with E-state index in [2.05, 4.69) is 10.3 Å². The van der Waals surface area contributed by atoms with Gasteiger partial charge < -0.3 is 10.1 Å². The summed E-state index contributed by atoms with van der Waals surface area (Å²) in [4.78, 5) is 30.3. The molecule has 1 fully saturated rings. The molecule has 0 saturated carbocycles. The number of fused-ring (bicyclic) bond motifs is 1. The first kappa shape index (κ1) is 19.7. The van der Waals surface area contributed by atoms with E-state index >= 15 is 0 Å². The fraction of sp³-hybridized carbons (Fsp3) is 0.318. The molecule has 6 nitrogen and oxygen atoms in total. The number of hydrogen-bond donors (Lipinski definition) is 1. The summed E-state index contributed by atoms with van der Waals surface area (Å²) in [5, 5.41) is 3.99. The monoisotopic (exact) mass is 409 g/mol. The number of hydrogen-bond acceptors (Lipinski definition) is 5. The second-order valence-electron chi connectivity index (χ2n) is 7.07. The average Bonchev–Trinajstić information content (AvgIpc) is 3.25. The molecule has 2 aromatic carbocycles. The van der Waals surface area contributed by atoms with Gasteiger partial charge in [-0.25, -0.2) is 4.98 Å². The minimum absolute atomic E-state index is 0.0933. The lowest BCUT2D eigenvalue weighted by Crippen LogP contribution is -2.33. The van der Waals surface area contributed by atoms with Crippen LogP contribution in [0.15, 0.2) is 58.5 Å². The molecule has 1 saturated heterocycles. The Morgan fingerprint density at radius 3 is 2.83 bits per heavy atom. The quantitative estimate of drug-likeness (QED) is 0.500. The molecule has 4 rings (SSSR count). The second-order valence-corrected chi connectivity index (χ2v) is 8.01. The zero-order valence-corrected chi connectivity index (χ0v) is 17.1. The molecule has 1 amide bonds.